The van der Waals surface area contributed by atoms with Gasteiger partial charge in [0, 0.05) is 24.8 Å². The van der Waals surface area contributed by atoms with Gasteiger partial charge in [0.05, 0.1) is 6.20 Å². The van der Waals surface area contributed by atoms with E-state index in [1.54, 1.807) is 4.68 Å². The molecule has 0 amide bonds. The van der Waals surface area contributed by atoms with Gasteiger partial charge in [-0.1, -0.05) is 45.0 Å². The van der Waals surface area contributed by atoms with Crippen molar-refractivity contribution in [2.75, 3.05) is 0 Å². The van der Waals surface area contributed by atoms with Crippen LogP contribution < -0.4 is 5.73 Å². The van der Waals surface area contributed by atoms with E-state index in [9.17, 15) is 0 Å². The molecule has 19 heavy (non-hydrogen) atoms. The molecule has 2 N–H and O–H groups in total. The Balaban J connectivity index is 2.07. The molecule has 3 nitrogen and oxygen atoms in total. The van der Waals surface area contributed by atoms with Crippen molar-refractivity contribution in [1.29, 1.82) is 0 Å². The average molecular weight is 257 g/mol. The molecule has 102 valence electrons. The highest BCUT2D eigenvalue weighted by Gasteiger charge is 2.14. The molecular formula is C16H23N3. The van der Waals surface area contributed by atoms with Crippen LogP contribution in [0.4, 0.5) is 0 Å². The zero-order valence-corrected chi connectivity index (χ0v) is 12.2. The van der Waals surface area contributed by atoms with Gasteiger partial charge in [0.1, 0.15) is 0 Å². The highest BCUT2D eigenvalue weighted by molar-refractivity contribution is 5.28. The fourth-order valence-corrected chi connectivity index (χ4v) is 2.14. The second-order valence-corrected chi connectivity index (χ2v) is 6.20. The molecule has 3 heteroatoms. The molecule has 0 saturated heterocycles. The second-order valence-electron chi connectivity index (χ2n) is 6.20. The molecular weight excluding hydrogens is 234 g/mol. The van der Waals surface area contributed by atoms with Gasteiger partial charge in [-0.2, -0.15) is 5.10 Å². The van der Waals surface area contributed by atoms with Crippen molar-refractivity contribution in [3.05, 3.63) is 53.3 Å². The van der Waals surface area contributed by atoms with Crippen LogP contribution in [0.15, 0.2) is 36.7 Å². The van der Waals surface area contributed by atoms with Crippen molar-refractivity contribution in [2.24, 2.45) is 12.8 Å². The van der Waals surface area contributed by atoms with Crippen LogP contribution >= 0.6 is 0 Å². The number of aryl methyl sites for hydroxylation is 1. The van der Waals surface area contributed by atoms with Crippen LogP contribution in [0.5, 0.6) is 0 Å². The summed E-state index contributed by atoms with van der Waals surface area (Å²) >= 11 is 0. The summed E-state index contributed by atoms with van der Waals surface area (Å²) in [6.07, 6.45) is 4.67. The standard InChI is InChI=1S/C16H23N3/c1-16(2,3)14-7-5-12(6-8-14)9-15(17)13-10-18-19(4)11-13/h5-8,10-11,15H,9,17H2,1-4H3. The highest BCUT2D eigenvalue weighted by atomic mass is 15.2. The van der Waals surface area contributed by atoms with Crippen molar-refractivity contribution in [3.8, 4) is 0 Å². The average Bonchev–Trinajstić information content (AvgIpc) is 2.75. The van der Waals surface area contributed by atoms with E-state index < -0.39 is 0 Å². The van der Waals surface area contributed by atoms with Gasteiger partial charge in [0.15, 0.2) is 0 Å². The lowest BCUT2D eigenvalue weighted by atomic mass is 9.86. The minimum Gasteiger partial charge on any atom is -0.324 e. The first kappa shape index (κ1) is 13.8. The van der Waals surface area contributed by atoms with Crippen molar-refractivity contribution in [2.45, 2.75) is 38.6 Å². The van der Waals surface area contributed by atoms with E-state index in [4.69, 9.17) is 5.73 Å². The number of rotatable bonds is 3. The molecule has 1 aromatic heterocycles. The van der Waals surface area contributed by atoms with Crippen LogP contribution in [0.1, 0.15) is 43.5 Å². The molecule has 0 aliphatic carbocycles. The Morgan fingerprint density at radius 3 is 2.32 bits per heavy atom. The molecule has 0 aliphatic heterocycles. The van der Waals surface area contributed by atoms with Crippen molar-refractivity contribution in [3.63, 3.8) is 0 Å². The fourth-order valence-electron chi connectivity index (χ4n) is 2.14. The summed E-state index contributed by atoms with van der Waals surface area (Å²) in [5.41, 5.74) is 10.1. The number of nitrogens with two attached hydrogens (primary N) is 1. The van der Waals surface area contributed by atoms with Crippen molar-refractivity contribution < 1.29 is 0 Å². The molecule has 0 radical (unpaired) electrons. The number of hydrogen-bond acceptors (Lipinski definition) is 2. The summed E-state index contributed by atoms with van der Waals surface area (Å²) in [5.74, 6) is 0. The largest absolute Gasteiger partial charge is 0.324 e. The van der Waals surface area contributed by atoms with Gasteiger partial charge in [0.2, 0.25) is 0 Å². The number of benzene rings is 1. The molecule has 0 fully saturated rings. The van der Waals surface area contributed by atoms with Gasteiger partial charge in [-0.15, -0.1) is 0 Å². The summed E-state index contributed by atoms with van der Waals surface area (Å²) in [4.78, 5) is 0. The van der Waals surface area contributed by atoms with Crippen molar-refractivity contribution in [1.82, 2.24) is 9.78 Å². The third-order valence-corrected chi connectivity index (χ3v) is 3.43. The summed E-state index contributed by atoms with van der Waals surface area (Å²) in [6, 6.07) is 8.76. The van der Waals surface area contributed by atoms with E-state index in [1.165, 1.54) is 11.1 Å². The molecule has 2 rings (SSSR count). The lowest BCUT2D eigenvalue weighted by Gasteiger charge is -2.19. The molecule has 1 aromatic carbocycles. The summed E-state index contributed by atoms with van der Waals surface area (Å²) < 4.78 is 1.79. The summed E-state index contributed by atoms with van der Waals surface area (Å²) in [6.45, 7) is 6.68. The van der Waals surface area contributed by atoms with Crippen LogP contribution in [0.3, 0.4) is 0 Å². The Bertz CT molecular complexity index is 532. The molecule has 0 saturated carbocycles. The fraction of sp³-hybridized carbons (Fsp3) is 0.438. The normalized spacial score (nSPS) is 13.5. The Labute approximate surface area is 115 Å². The zero-order valence-electron chi connectivity index (χ0n) is 12.2. The third kappa shape index (κ3) is 3.44. The Morgan fingerprint density at radius 1 is 1.21 bits per heavy atom. The SMILES string of the molecule is Cn1cc(C(N)Cc2ccc(C(C)(C)C)cc2)cn1. The van der Waals surface area contributed by atoms with Crippen LogP contribution in [0, 0.1) is 0 Å². The highest BCUT2D eigenvalue weighted by Crippen LogP contribution is 2.23. The number of nitrogens with zero attached hydrogens (tertiary/aromatic N) is 2. The van der Waals surface area contributed by atoms with Gasteiger partial charge in [-0.25, -0.2) is 0 Å². The number of hydrogen-bond donors (Lipinski definition) is 1. The van der Waals surface area contributed by atoms with Gasteiger partial charge < -0.3 is 5.73 Å². The molecule has 0 aliphatic rings. The molecule has 1 unspecified atom stereocenters. The Hall–Kier alpha value is -1.61. The third-order valence-electron chi connectivity index (χ3n) is 3.43. The van der Waals surface area contributed by atoms with Crippen LogP contribution in [-0.4, -0.2) is 9.78 Å². The van der Waals surface area contributed by atoms with E-state index in [0.29, 0.717) is 0 Å². The van der Waals surface area contributed by atoms with Gasteiger partial charge in [-0.05, 0) is 23.0 Å². The van der Waals surface area contributed by atoms with Crippen LogP contribution in [0.25, 0.3) is 0 Å². The van der Waals surface area contributed by atoms with Gasteiger partial charge in [-0.3, -0.25) is 4.68 Å². The van der Waals surface area contributed by atoms with E-state index >= 15 is 0 Å². The topological polar surface area (TPSA) is 43.8 Å². The predicted molar refractivity (Wildman–Crippen MR) is 79.0 cm³/mol. The quantitative estimate of drug-likeness (QED) is 0.918. The van der Waals surface area contributed by atoms with Crippen LogP contribution in [0.2, 0.25) is 0 Å². The first-order valence-corrected chi connectivity index (χ1v) is 6.70. The Kier molecular flexibility index (Phi) is 3.76. The number of aromatic nitrogens is 2. The zero-order chi connectivity index (χ0) is 14.0. The van der Waals surface area contributed by atoms with Gasteiger partial charge >= 0.3 is 0 Å². The predicted octanol–water partition coefficient (Wildman–Crippen LogP) is 2.96. The minimum absolute atomic E-state index is 0.00851. The van der Waals surface area contributed by atoms with E-state index in [0.717, 1.165) is 12.0 Å². The monoisotopic (exact) mass is 257 g/mol. The maximum atomic E-state index is 6.21. The lowest BCUT2D eigenvalue weighted by molar-refractivity contribution is 0.589. The first-order valence-electron chi connectivity index (χ1n) is 6.70. The summed E-state index contributed by atoms with van der Waals surface area (Å²) in [7, 11) is 1.91. The van der Waals surface area contributed by atoms with Crippen molar-refractivity contribution >= 4 is 0 Å². The van der Waals surface area contributed by atoms with E-state index in [1.807, 2.05) is 19.4 Å². The lowest BCUT2D eigenvalue weighted by Crippen LogP contribution is -2.14. The molecule has 1 heterocycles. The maximum Gasteiger partial charge on any atom is 0.0537 e. The van der Waals surface area contributed by atoms with E-state index in [2.05, 4.69) is 50.1 Å². The summed E-state index contributed by atoms with van der Waals surface area (Å²) in [5, 5.41) is 4.16. The smallest absolute Gasteiger partial charge is 0.0537 e. The minimum atomic E-state index is 0.00851. The molecule has 0 spiro atoms. The maximum absolute atomic E-state index is 6.21. The van der Waals surface area contributed by atoms with Crippen LogP contribution in [-0.2, 0) is 18.9 Å². The molecule has 2 aromatic rings. The second kappa shape index (κ2) is 5.17. The van der Waals surface area contributed by atoms with E-state index in [-0.39, 0.29) is 11.5 Å². The van der Waals surface area contributed by atoms with Gasteiger partial charge in [0.25, 0.3) is 0 Å². The molecule has 0 bridgehead atoms. The Morgan fingerprint density at radius 2 is 1.84 bits per heavy atom. The first-order chi connectivity index (χ1) is 8.86. The molecule has 1 atom stereocenters.